The van der Waals surface area contributed by atoms with Crippen LogP contribution >= 0.6 is 15.9 Å². The van der Waals surface area contributed by atoms with E-state index in [1.807, 2.05) is 54.6 Å². The van der Waals surface area contributed by atoms with E-state index in [9.17, 15) is 4.79 Å². The fourth-order valence-electron chi connectivity index (χ4n) is 4.52. The van der Waals surface area contributed by atoms with Gasteiger partial charge in [-0.05, 0) is 41.5 Å². The molecule has 0 bridgehead atoms. The Labute approximate surface area is 181 Å². The van der Waals surface area contributed by atoms with Crippen LogP contribution < -0.4 is 5.32 Å². The number of halogens is 1. The smallest absolute Gasteiger partial charge is 0.228 e. The standard InChI is InChI=1S/C26H26BrNO/c27-23-18-10-9-17-22(23)25(21-15-5-2-6-16-21)28-26(29)24(20-13-7-8-14-20)19-11-3-1-4-12-19/h1-6,9-12,15-18,20,24-25H,7-8,13-14H2,(H,28,29)/t24-,25-/m0/s1. The Morgan fingerprint density at radius 2 is 1.34 bits per heavy atom. The van der Waals surface area contributed by atoms with Gasteiger partial charge in [-0.2, -0.15) is 0 Å². The molecule has 3 heteroatoms. The summed E-state index contributed by atoms with van der Waals surface area (Å²) in [6, 6.07) is 28.4. The fraction of sp³-hybridized carbons (Fsp3) is 0.269. The number of hydrogen-bond acceptors (Lipinski definition) is 1. The van der Waals surface area contributed by atoms with Gasteiger partial charge in [-0.25, -0.2) is 0 Å². The molecule has 0 aromatic heterocycles. The Morgan fingerprint density at radius 3 is 1.97 bits per heavy atom. The molecule has 3 aromatic rings. The third kappa shape index (κ3) is 4.62. The normalized spacial score (nSPS) is 16.3. The minimum atomic E-state index is -0.188. The van der Waals surface area contributed by atoms with Crippen LogP contribution in [-0.4, -0.2) is 5.91 Å². The number of nitrogens with one attached hydrogen (secondary N) is 1. The van der Waals surface area contributed by atoms with Crippen molar-refractivity contribution in [2.24, 2.45) is 5.92 Å². The number of carbonyl (C=O) groups is 1. The van der Waals surface area contributed by atoms with Crippen molar-refractivity contribution >= 4 is 21.8 Å². The summed E-state index contributed by atoms with van der Waals surface area (Å²) in [6.07, 6.45) is 4.68. The number of rotatable bonds is 6. The molecular weight excluding hydrogens is 422 g/mol. The lowest BCUT2D eigenvalue weighted by molar-refractivity contribution is -0.124. The second-order valence-electron chi connectivity index (χ2n) is 7.81. The van der Waals surface area contributed by atoms with Crippen molar-refractivity contribution in [1.29, 1.82) is 0 Å². The molecule has 3 aromatic carbocycles. The summed E-state index contributed by atoms with van der Waals surface area (Å²) < 4.78 is 1.01. The molecule has 0 heterocycles. The van der Waals surface area contributed by atoms with Crippen molar-refractivity contribution in [2.45, 2.75) is 37.6 Å². The van der Waals surface area contributed by atoms with E-state index in [2.05, 4.69) is 51.6 Å². The Kier molecular flexibility index (Phi) is 6.46. The van der Waals surface area contributed by atoms with Gasteiger partial charge in [0, 0.05) is 4.47 Å². The van der Waals surface area contributed by atoms with Crippen molar-refractivity contribution in [3.63, 3.8) is 0 Å². The van der Waals surface area contributed by atoms with Gasteiger partial charge in [-0.3, -0.25) is 4.79 Å². The Hall–Kier alpha value is -2.39. The molecule has 1 aliphatic rings. The zero-order chi connectivity index (χ0) is 20.1. The number of benzene rings is 3. The van der Waals surface area contributed by atoms with Crippen molar-refractivity contribution in [3.8, 4) is 0 Å². The molecule has 4 rings (SSSR count). The van der Waals surface area contributed by atoms with Gasteiger partial charge in [0.1, 0.15) is 0 Å². The van der Waals surface area contributed by atoms with Gasteiger partial charge in [-0.1, -0.05) is 108 Å². The first-order valence-electron chi connectivity index (χ1n) is 10.4. The van der Waals surface area contributed by atoms with Crippen LogP contribution in [0, 0.1) is 5.92 Å². The number of hydrogen-bond donors (Lipinski definition) is 1. The first-order chi connectivity index (χ1) is 14.2. The summed E-state index contributed by atoms with van der Waals surface area (Å²) in [4.78, 5) is 13.7. The average molecular weight is 448 g/mol. The van der Waals surface area contributed by atoms with E-state index in [1.165, 1.54) is 12.8 Å². The van der Waals surface area contributed by atoms with Crippen LogP contribution in [0.3, 0.4) is 0 Å². The monoisotopic (exact) mass is 447 g/mol. The zero-order valence-electron chi connectivity index (χ0n) is 16.4. The third-order valence-corrected chi connectivity index (χ3v) is 6.67. The molecule has 1 N–H and O–H groups in total. The summed E-state index contributed by atoms with van der Waals surface area (Å²) in [7, 11) is 0. The second-order valence-corrected chi connectivity index (χ2v) is 8.66. The van der Waals surface area contributed by atoms with Gasteiger partial charge in [0.25, 0.3) is 0 Å². The molecular formula is C26H26BrNO. The molecule has 2 atom stereocenters. The van der Waals surface area contributed by atoms with E-state index in [-0.39, 0.29) is 17.9 Å². The van der Waals surface area contributed by atoms with Crippen molar-refractivity contribution in [1.82, 2.24) is 5.32 Å². The summed E-state index contributed by atoms with van der Waals surface area (Å²) in [5.41, 5.74) is 3.28. The SMILES string of the molecule is O=C(N[C@@H](c1ccccc1)c1ccccc1Br)[C@@H](c1ccccc1)C1CCCC1. The largest absolute Gasteiger partial charge is 0.345 e. The van der Waals surface area contributed by atoms with E-state index in [0.717, 1.165) is 34.0 Å². The molecule has 1 amide bonds. The van der Waals surface area contributed by atoms with Gasteiger partial charge in [0.05, 0.1) is 12.0 Å². The van der Waals surface area contributed by atoms with Crippen molar-refractivity contribution in [3.05, 3.63) is 106 Å². The second kappa shape index (κ2) is 9.41. The molecule has 148 valence electrons. The van der Waals surface area contributed by atoms with Crippen LogP contribution in [0.15, 0.2) is 89.4 Å². The lowest BCUT2D eigenvalue weighted by atomic mass is 9.83. The predicted octanol–water partition coefficient (Wildman–Crippen LogP) is 6.63. The summed E-state index contributed by atoms with van der Waals surface area (Å²) in [5, 5.41) is 3.40. The third-order valence-electron chi connectivity index (χ3n) is 5.95. The van der Waals surface area contributed by atoms with Gasteiger partial charge in [0.15, 0.2) is 0 Å². The highest BCUT2D eigenvalue weighted by molar-refractivity contribution is 9.10. The molecule has 0 saturated heterocycles. The van der Waals surface area contributed by atoms with Crippen molar-refractivity contribution < 1.29 is 4.79 Å². The summed E-state index contributed by atoms with van der Waals surface area (Å²) >= 11 is 3.68. The van der Waals surface area contributed by atoms with Crippen LogP contribution in [-0.2, 0) is 4.79 Å². The summed E-state index contributed by atoms with van der Waals surface area (Å²) in [5.74, 6) is 0.424. The minimum Gasteiger partial charge on any atom is -0.345 e. The van der Waals surface area contributed by atoms with E-state index in [4.69, 9.17) is 0 Å². The Morgan fingerprint density at radius 1 is 0.793 bits per heavy atom. The Balaban J connectivity index is 1.68. The molecule has 1 fully saturated rings. The van der Waals surface area contributed by atoms with Gasteiger partial charge < -0.3 is 5.32 Å². The van der Waals surface area contributed by atoms with Crippen LogP contribution in [0.2, 0.25) is 0 Å². The number of carbonyl (C=O) groups excluding carboxylic acids is 1. The van der Waals surface area contributed by atoms with Crippen LogP contribution in [0.4, 0.5) is 0 Å². The van der Waals surface area contributed by atoms with E-state index in [1.54, 1.807) is 0 Å². The van der Waals surface area contributed by atoms with Gasteiger partial charge in [-0.15, -0.1) is 0 Å². The molecule has 1 aliphatic carbocycles. The van der Waals surface area contributed by atoms with Crippen molar-refractivity contribution in [2.75, 3.05) is 0 Å². The maximum atomic E-state index is 13.7. The Bertz CT molecular complexity index is 935. The molecule has 0 radical (unpaired) electrons. The molecule has 0 aliphatic heterocycles. The highest BCUT2D eigenvalue weighted by Crippen LogP contribution is 2.38. The van der Waals surface area contributed by atoms with Gasteiger partial charge in [0.2, 0.25) is 5.91 Å². The first kappa shape index (κ1) is 19.9. The number of amides is 1. The topological polar surface area (TPSA) is 29.1 Å². The first-order valence-corrected chi connectivity index (χ1v) is 11.2. The average Bonchev–Trinajstić information content (AvgIpc) is 3.28. The maximum Gasteiger partial charge on any atom is 0.228 e. The van der Waals surface area contributed by atoms with E-state index in [0.29, 0.717) is 5.92 Å². The van der Waals surface area contributed by atoms with Crippen LogP contribution in [0.1, 0.15) is 54.3 Å². The molecule has 29 heavy (non-hydrogen) atoms. The lowest BCUT2D eigenvalue weighted by Crippen LogP contribution is -2.36. The van der Waals surface area contributed by atoms with E-state index < -0.39 is 0 Å². The van der Waals surface area contributed by atoms with Crippen LogP contribution in [0.25, 0.3) is 0 Å². The summed E-state index contributed by atoms with van der Waals surface area (Å²) in [6.45, 7) is 0. The lowest BCUT2D eigenvalue weighted by Gasteiger charge is -2.27. The van der Waals surface area contributed by atoms with Gasteiger partial charge >= 0.3 is 0 Å². The van der Waals surface area contributed by atoms with E-state index >= 15 is 0 Å². The highest BCUT2D eigenvalue weighted by Gasteiger charge is 2.33. The molecule has 1 saturated carbocycles. The molecule has 0 spiro atoms. The molecule has 2 nitrogen and oxygen atoms in total. The maximum absolute atomic E-state index is 13.7. The van der Waals surface area contributed by atoms with Crippen LogP contribution in [0.5, 0.6) is 0 Å². The quantitative estimate of drug-likeness (QED) is 0.451. The minimum absolute atomic E-state index is 0.104. The zero-order valence-corrected chi connectivity index (χ0v) is 18.0. The predicted molar refractivity (Wildman–Crippen MR) is 122 cm³/mol. The highest BCUT2D eigenvalue weighted by atomic mass is 79.9. The fourth-order valence-corrected chi connectivity index (χ4v) is 5.03. The molecule has 0 unspecified atom stereocenters.